The van der Waals surface area contributed by atoms with Crippen molar-refractivity contribution in [1.29, 1.82) is 0 Å². The van der Waals surface area contributed by atoms with Crippen molar-refractivity contribution in [3.8, 4) is 0 Å². The fourth-order valence-electron chi connectivity index (χ4n) is 1.80. The molecule has 2 rings (SSSR count). The van der Waals surface area contributed by atoms with Crippen LogP contribution < -0.4 is 10.6 Å². The molecule has 0 aliphatic heterocycles. The molecule has 0 atom stereocenters. The Hall–Kier alpha value is -0.790. The molecule has 1 heterocycles. The maximum absolute atomic E-state index is 5.97. The zero-order valence-corrected chi connectivity index (χ0v) is 15.9. The van der Waals surface area contributed by atoms with E-state index < -0.39 is 0 Å². The lowest BCUT2D eigenvalue weighted by molar-refractivity contribution is 0.813. The minimum absolute atomic E-state index is 0. The molecule has 0 fully saturated rings. The molecule has 0 unspecified atom stereocenters. The van der Waals surface area contributed by atoms with E-state index in [1.807, 2.05) is 24.3 Å². The number of thiophene rings is 1. The lowest BCUT2D eigenvalue weighted by Gasteiger charge is -2.12. The maximum Gasteiger partial charge on any atom is 0.191 e. The second-order valence-corrected chi connectivity index (χ2v) is 5.87. The molecular weight excluding hydrogens is 417 g/mol. The molecule has 3 nitrogen and oxygen atoms in total. The van der Waals surface area contributed by atoms with Crippen LogP contribution in [-0.2, 0) is 13.1 Å². The Labute approximate surface area is 151 Å². The summed E-state index contributed by atoms with van der Waals surface area (Å²) in [7, 11) is 1.77. The Bertz CT molecular complexity index is 598. The molecule has 0 bridgehead atoms. The van der Waals surface area contributed by atoms with Crippen LogP contribution in [0.5, 0.6) is 0 Å². The number of hydrogen-bond donors (Lipinski definition) is 2. The van der Waals surface area contributed by atoms with E-state index in [-0.39, 0.29) is 24.0 Å². The van der Waals surface area contributed by atoms with E-state index in [9.17, 15) is 0 Å². The first kappa shape index (κ1) is 18.3. The van der Waals surface area contributed by atoms with E-state index in [4.69, 9.17) is 11.6 Å². The number of guanidine groups is 1. The normalized spacial score (nSPS) is 10.9. The summed E-state index contributed by atoms with van der Waals surface area (Å²) in [5.41, 5.74) is 2.44. The van der Waals surface area contributed by atoms with E-state index >= 15 is 0 Å². The summed E-state index contributed by atoms with van der Waals surface area (Å²) in [5.74, 6) is 0.790. The Kier molecular flexibility index (Phi) is 8.06. The van der Waals surface area contributed by atoms with Gasteiger partial charge >= 0.3 is 0 Å². The van der Waals surface area contributed by atoms with Crippen LogP contribution in [0.25, 0.3) is 0 Å². The standard InChI is InChI=1S/C15H18ClN3S.HI/c1-11-6-7-20-14(11)10-19-15(17-2)18-9-12-4-3-5-13(16)8-12;/h3-8H,9-10H2,1-2H3,(H2,17,18,19);1H. The Morgan fingerprint density at radius 2 is 2.00 bits per heavy atom. The third-order valence-electron chi connectivity index (χ3n) is 2.96. The van der Waals surface area contributed by atoms with Crippen LogP contribution in [0, 0.1) is 6.92 Å². The number of benzene rings is 1. The molecule has 1 aromatic carbocycles. The maximum atomic E-state index is 5.97. The summed E-state index contributed by atoms with van der Waals surface area (Å²) in [5, 5.41) is 9.45. The number of nitrogens with zero attached hydrogens (tertiary/aromatic N) is 1. The van der Waals surface area contributed by atoms with Gasteiger partial charge in [-0.2, -0.15) is 0 Å². The number of nitrogens with one attached hydrogen (secondary N) is 2. The number of halogens is 2. The molecule has 2 aromatic rings. The summed E-state index contributed by atoms with van der Waals surface area (Å²) < 4.78 is 0. The smallest absolute Gasteiger partial charge is 0.191 e. The molecule has 0 spiro atoms. The molecular formula is C15H19ClIN3S. The highest BCUT2D eigenvalue weighted by Crippen LogP contribution is 2.14. The van der Waals surface area contributed by atoms with Crippen LogP contribution in [-0.4, -0.2) is 13.0 Å². The van der Waals surface area contributed by atoms with Crippen molar-refractivity contribution >= 4 is 52.9 Å². The van der Waals surface area contributed by atoms with Crippen molar-refractivity contribution in [1.82, 2.24) is 10.6 Å². The van der Waals surface area contributed by atoms with Gasteiger partial charge in [0, 0.05) is 23.5 Å². The minimum Gasteiger partial charge on any atom is -0.352 e. The van der Waals surface area contributed by atoms with E-state index in [1.54, 1.807) is 18.4 Å². The summed E-state index contributed by atoms with van der Waals surface area (Å²) in [6, 6.07) is 9.94. The van der Waals surface area contributed by atoms with Crippen LogP contribution in [0.1, 0.15) is 16.0 Å². The van der Waals surface area contributed by atoms with Crippen molar-refractivity contribution in [2.75, 3.05) is 7.05 Å². The highest BCUT2D eigenvalue weighted by Gasteiger charge is 2.02. The number of rotatable bonds is 4. The summed E-state index contributed by atoms with van der Waals surface area (Å²) >= 11 is 7.72. The predicted molar refractivity (Wildman–Crippen MR) is 103 cm³/mol. The monoisotopic (exact) mass is 435 g/mol. The fourth-order valence-corrected chi connectivity index (χ4v) is 2.86. The van der Waals surface area contributed by atoms with Gasteiger partial charge in [0.2, 0.25) is 0 Å². The molecule has 6 heteroatoms. The molecule has 0 amide bonds. The molecule has 114 valence electrons. The second kappa shape index (κ2) is 9.27. The minimum atomic E-state index is 0. The second-order valence-electron chi connectivity index (χ2n) is 4.44. The first-order valence-corrected chi connectivity index (χ1v) is 7.66. The summed E-state index contributed by atoms with van der Waals surface area (Å²) in [4.78, 5) is 5.55. The molecule has 0 saturated carbocycles. The van der Waals surface area contributed by atoms with Crippen LogP contribution in [0.2, 0.25) is 5.02 Å². The van der Waals surface area contributed by atoms with Gasteiger partial charge in [-0.25, -0.2) is 0 Å². The third-order valence-corrected chi connectivity index (χ3v) is 4.22. The SMILES string of the molecule is CN=C(NCc1cccc(Cl)c1)NCc1sccc1C.I. The molecule has 1 aromatic heterocycles. The quantitative estimate of drug-likeness (QED) is 0.429. The van der Waals surface area contributed by atoms with Crippen molar-refractivity contribution in [2.45, 2.75) is 20.0 Å². The van der Waals surface area contributed by atoms with Crippen molar-refractivity contribution in [2.24, 2.45) is 4.99 Å². The van der Waals surface area contributed by atoms with Gasteiger partial charge in [-0.3, -0.25) is 4.99 Å². The van der Waals surface area contributed by atoms with Crippen LogP contribution >= 0.6 is 46.9 Å². The van der Waals surface area contributed by atoms with E-state index in [1.165, 1.54) is 10.4 Å². The van der Waals surface area contributed by atoms with E-state index in [2.05, 4.69) is 34.0 Å². The van der Waals surface area contributed by atoms with Gasteiger partial charge in [0.1, 0.15) is 0 Å². The molecule has 0 saturated heterocycles. The first-order valence-electron chi connectivity index (χ1n) is 6.41. The van der Waals surface area contributed by atoms with Crippen LogP contribution in [0.3, 0.4) is 0 Å². The van der Waals surface area contributed by atoms with Gasteiger partial charge in [0.05, 0.1) is 6.54 Å². The molecule has 0 radical (unpaired) electrons. The Balaban J connectivity index is 0.00000220. The average molecular weight is 436 g/mol. The zero-order chi connectivity index (χ0) is 14.4. The van der Waals surface area contributed by atoms with E-state index in [0.29, 0.717) is 6.54 Å². The lowest BCUT2D eigenvalue weighted by atomic mass is 10.2. The van der Waals surface area contributed by atoms with Gasteiger partial charge in [-0.15, -0.1) is 35.3 Å². The van der Waals surface area contributed by atoms with E-state index in [0.717, 1.165) is 23.1 Å². The predicted octanol–water partition coefficient (Wildman–Crippen LogP) is 4.19. The Morgan fingerprint density at radius 1 is 1.24 bits per heavy atom. The van der Waals surface area contributed by atoms with Gasteiger partial charge in [0.25, 0.3) is 0 Å². The van der Waals surface area contributed by atoms with Crippen molar-refractivity contribution in [3.05, 3.63) is 56.7 Å². The van der Waals surface area contributed by atoms with Crippen molar-refractivity contribution in [3.63, 3.8) is 0 Å². The van der Waals surface area contributed by atoms with Gasteiger partial charge in [-0.1, -0.05) is 23.7 Å². The third kappa shape index (κ3) is 5.84. The zero-order valence-electron chi connectivity index (χ0n) is 12.0. The molecule has 0 aliphatic rings. The summed E-state index contributed by atoms with van der Waals surface area (Å²) in [6.07, 6.45) is 0. The first-order chi connectivity index (χ1) is 9.69. The van der Waals surface area contributed by atoms with Crippen LogP contribution in [0.15, 0.2) is 40.7 Å². The number of aryl methyl sites for hydroxylation is 1. The van der Waals surface area contributed by atoms with Crippen LogP contribution in [0.4, 0.5) is 0 Å². The van der Waals surface area contributed by atoms with Gasteiger partial charge in [-0.05, 0) is 41.6 Å². The van der Waals surface area contributed by atoms with Crippen molar-refractivity contribution < 1.29 is 0 Å². The molecule has 2 N–H and O–H groups in total. The topological polar surface area (TPSA) is 36.4 Å². The highest BCUT2D eigenvalue weighted by molar-refractivity contribution is 14.0. The fraction of sp³-hybridized carbons (Fsp3) is 0.267. The number of aliphatic imine (C=N–C) groups is 1. The highest BCUT2D eigenvalue weighted by atomic mass is 127. The molecule has 0 aliphatic carbocycles. The van der Waals surface area contributed by atoms with Gasteiger partial charge in [0.15, 0.2) is 5.96 Å². The Morgan fingerprint density at radius 3 is 2.62 bits per heavy atom. The summed E-state index contributed by atoms with van der Waals surface area (Å²) in [6.45, 7) is 3.61. The molecule has 21 heavy (non-hydrogen) atoms. The lowest BCUT2D eigenvalue weighted by Crippen LogP contribution is -2.36. The largest absolute Gasteiger partial charge is 0.352 e. The number of hydrogen-bond acceptors (Lipinski definition) is 2. The average Bonchev–Trinajstić information content (AvgIpc) is 2.85. The van der Waals surface area contributed by atoms with Gasteiger partial charge < -0.3 is 10.6 Å².